The minimum atomic E-state index is -1.27. The molecule has 2 N–H and O–H groups in total. The van der Waals surface area contributed by atoms with Gasteiger partial charge in [-0.1, -0.05) is 84.9 Å². The molecule has 4 atom stereocenters. The van der Waals surface area contributed by atoms with Crippen molar-refractivity contribution in [1.29, 1.82) is 0 Å². The minimum absolute atomic E-state index is 0.109. The Bertz CT molecular complexity index is 1280. The first-order chi connectivity index (χ1) is 19.4. The van der Waals surface area contributed by atoms with Gasteiger partial charge in [-0.15, -0.1) is 0 Å². The van der Waals surface area contributed by atoms with E-state index in [9.17, 15) is 23.8 Å². The maximum absolute atomic E-state index is 14.5. The Balaban J connectivity index is 1.57. The zero-order valence-corrected chi connectivity index (χ0v) is 22.0. The molecule has 0 unspecified atom stereocenters. The number of aliphatic hydroxyl groups excluding tert-OH is 2. The van der Waals surface area contributed by atoms with Crippen LogP contribution in [0.3, 0.4) is 0 Å². The van der Waals surface area contributed by atoms with E-state index < -0.39 is 24.3 Å². The second-order valence-corrected chi connectivity index (χ2v) is 10.3. The molecule has 1 aliphatic heterocycles. The first kappa shape index (κ1) is 27.5. The van der Waals surface area contributed by atoms with E-state index in [0.717, 1.165) is 11.1 Å². The molecule has 4 aromatic carbocycles. The SMILES string of the molecule is O=C1N(Cc2ccc(F)cc2)[C@H](Cc2ccccc2)[C@H](O)[C@@H](O)[C@@H](Cc2ccccc2)N1Cc1ccc(F)cc1. The van der Waals surface area contributed by atoms with Gasteiger partial charge in [0.25, 0.3) is 0 Å². The van der Waals surface area contributed by atoms with Crippen molar-refractivity contribution in [3.8, 4) is 0 Å². The quantitative estimate of drug-likeness (QED) is 0.316. The van der Waals surface area contributed by atoms with Crippen molar-refractivity contribution in [3.63, 3.8) is 0 Å². The van der Waals surface area contributed by atoms with Crippen LogP contribution in [0.4, 0.5) is 13.6 Å². The summed E-state index contributed by atoms with van der Waals surface area (Å²) < 4.78 is 27.4. The van der Waals surface area contributed by atoms with Crippen molar-refractivity contribution in [2.45, 2.75) is 50.2 Å². The van der Waals surface area contributed by atoms with Gasteiger partial charge in [0.15, 0.2) is 0 Å². The number of carbonyl (C=O) groups is 1. The summed E-state index contributed by atoms with van der Waals surface area (Å²) in [7, 11) is 0. The number of aliphatic hydroxyl groups is 2. The van der Waals surface area contributed by atoms with E-state index in [0.29, 0.717) is 24.0 Å². The number of urea groups is 1. The molecular formula is C33H32F2N2O3. The smallest absolute Gasteiger partial charge is 0.321 e. The summed E-state index contributed by atoms with van der Waals surface area (Å²) in [4.78, 5) is 17.6. The van der Waals surface area contributed by atoms with E-state index >= 15 is 0 Å². The molecule has 0 saturated carbocycles. The van der Waals surface area contributed by atoms with Crippen molar-refractivity contribution in [1.82, 2.24) is 9.80 Å². The molecule has 7 heteroatoms. The summed E-state index contributed by atoms with van der Waals surface area (Å²) in [5, 5.41) is 23.4. The van der Waals surface area contributed by atoms with Crippen molar-refractivity contribution in [3.05, 3.63) is 143 Å². The predicted octanol–water partition coefficient (Wildman–Crippen LogP) is 5.35. The molecule has 40 heavy (non-hydrogen) atoms. The van der Waals surface area contributed by atoms with Crippen LogP contribution >= 0.6 is 0 Å². The molecular weight excluding hydrogens is 510 g/mol. The fourth-order valence-corrected chi connectivity index (χ4v) is 5.39. The largest absolute Gasteiger partial charge is 0.388 e. The Morgan fingerprint density at radius 3 is 1.23 bits per heavy atom. The topological polar surface area (TPSA) is 64.0 Å². The summed E-state index contributed by atoms with van der Waals surface area (Å²) in [5.41, 5.74) is 3.19. The number of carbonyl (C=O) groups excluding carboxylic acids is 1. The third kappa shape index (κ3) is 6.38. The number of amides is 2. The lowest BCUT2D eigenvalue weighted by Gasteiger charge is -2.36. The van der Waals surface area contributed by atoms with Gasteiger partial charge in [-0.2, -0.15) is 0 Å². The van der Waals surface area contributed by atoms with E-state index in [4.69, 9.17) is 0 Å². The Labute approximate surface area is 232 Å². The summed E-state index contributed by atoms with van der Waals surface area (Å²) in [6.07, 6.45) is -1.91. The van der Waals surface area contributed by atoms with Gasteiger partial charge in [0.05, 0.1) is 12.1 Å². The van der Waals surface area contributed by atoms with Crippen molar-refractivity contribution >= 4 is 6.03 Å². The lowest BCUT2D eigenvalue weighted by Crippen LogP contribution is -2.50. The van der Waals surface area contributed by atoms with Crippen LogP contribution in [-0.4, -0.2) is 50.3 Å². The molecule has 2 amide bonds. The highest BCUT2D eigenvalue weighted by atomic mass is 19.1. The first-order valence-electron chi connectivity index (χ1n) is 13.4. The molecule has 1 saturated heterocycles. The van der Waals surface area contributed by atoms with Crippen molar-refractivity contribution < 1.29 is 23.8 Å². The second kappa shape index (κ2) is 12.4. The number of benzene rings is 4. The van der Waals surface area contributed by atoms with Gasteiger partial charge in [0, 0.05) is 13.1 Å². The number of nitrogens with zero attached hydrogens (tertiary/aromatic N) is 2. The molecule has 0 spiro atoms. The highest BCUT2D eigenvalue weighted by Crippen LogP contribution is 2.30. The Morgan fingerprint density at radius 2 is 0.875 bits per heavy atom. The van der Waals surface area contributed by atoms with E-state index in [1.54, 1.807) is 34.1 Å². The number of rotatable bonds is 8. The Hall–Kier alpha value is -4.07. The van der Waals surface area contributed by atoms with Gasteiger partial charge in [0.1, 0.15) is 23.8 Å². The standard InChI is InChI=1S/C33H32F2N2O3/c34-27-15-11-25(12-16-27)21-36-29(19-23-7-3-1-4-8-23)31(38)32(39)30(20-24-9-5-2-6-10-24)37(33(36)40)22-26-13-17-28(35)18-14-26/h1-18,29-32,38-39H,19-22H2/t29-,30-,31+,32+/m1/s1. The van der Waals surface area contributed by atoms with Crippen LogP contribution in [0.15, 0.2) is 109 Å². The van der Waals surface area contributed by atoms with Gasteiger partial charge in [0.2, 0.25) is 0 Å². The zero-order chi connectivity index (χ0) is 28.1. The Morgan fingerprint density at radius 1 is 0.525 bits per heavy atom. The molecule has 4 aromatic rings. The molecule has 1 heterocycles. The molecule has 1 fully saturated rings. The fraction of sp³-hybridized carbons (Fsp3) is 0.242. The fourth-order valence-electron chi connectivity index (χ4n) is 5.39. The van der Waals surface area contributed by atoms with E-state index in [-0.39, 0.29) is 30.8 Å². The molecule has 0 bridgehead atoms. The molecule has 0 aliphatic carbocycles. The third-order valence-corrected chi connectivity index (χ3v) is 7.54. The Kier molecular flexibility index (Phi) is 8.53. The monoisotopic (exact) mass is 542 g/mol. The van der Waals surface area contributed by atoms with Crippen LogP contribution in [0.25, 0.3) is 0 Å². The van der Waals surface area contributed by atoms with Crippen molar-refractivity contribution in [2.24, 2.45) is 0 Å². The molecule has 0 radical (unpaired) electrons. The van der Waals surface area contributed by atoms with E-state index in [2.05, 4.69) is 0 Å². The van der Waals surface area contributed by atoms with E-state index in [1.807, 2.05) is 60.7 Å². The lowest BCUT2D eigenvalue weighted by atomic mass is 9.91. The molecule has 1 aliphatic rings. The third-order valence-electron chi connectivity index (χ3n) is 7.54. The summed E-state index contributed by atoms with van der Waals surface area (Å²) in [6, 6.07) is 28.9. The van der Waals surface area contributed by atoms with Crippen LogP contribution in [-0.2, 0) is 25.9 Å². The average molecular weight is 543 g/mol. The predicted molar refractivity (Wildman–Crippen MR) is 149 cm³/mol. The zero-order valence-electron chi connectivity index (χ0n) is 22.0. The second-order valence-electron chi connectivity index (χ2n) is 10.3. The van der Waals surface area contributed by atoms with Gasteiger partial charge >= 0.3 is 6.03 Å². The van der Waals surface area contributed by atoms with E-state index in [1.165, 1.54) is 24.3 Å². The summed E-state index contributed by atoms with van der Waals surface area (Å²) >= 11 is 0. The van der Waals surface area contributed by atoms with Crippen LogP contribution in [0.2, 0.25) is 0 Å². The first-order valence-corrected chi connectivity index (χ1v) is 13.4. The summed E-state index contributed by atoms with van der Waals surface area (Å²) in [6.45, 7) is 0.219. The molecule has 0 aromatic heterocycles. The normalized spacial score (nSPS) is 21.4. The average Bonchev–Trinajstić information content (AvgIpc) is 3.03. The maximum Gasteiger partial charge on any atom is 0.321 e. The highest BCUT2D eigenvalue weighted by molar-refractivity contribution is 5.76. The van der Waals surface area contributed by atoms with Gasteiger partial charge in [-0.3, -0.25) is 0 Å². The van der Waals surface area contributed by atoms with Gasteiger partial charge in [-0.25, -0.2) is 13.6 Å². The lowest BCUT2D eigenvalue weighted by molar-refractivity contribution is -0.0408. The van der Waals surface area contributed by atoms with Crippen LogP contribution in [0.5, 0.6) is 0 Å². The molecule has 206 valence electrons. The minimum Gasteiger partial charge on any atom is -0.388 e. The number of halogens is 2. The van der Waals surface area contributed by atoms with Crippen LogP contribution in [0, 0.1) is 11.6 Å². The number of hydrogen-bond acceptors (Lipinski definition) is 3. The molecule has 5 rings (SSSR count). The number of hydrogen-bond donors (Lipinski definition) is 2. The van der Waals surface area contributed by atoms with Crippen LogP contribution < -0.4 is 0 Å². The summed E-state index contributed by atoms with van der Waals surface area (Å²) in [5.74, 6) is -0.772. The van der Waals surface area contributed by atoms with Gasteiger partial charge in [-0.05, 0) is 59.4 Å². The van der Waals surface area contributed by atoms with Gasteiger partial charge < -0.3 is 20.0 Å². The van der Waals surface area contributed by atoms with Crippen molar-refractivity contribution in [2.75, 3.05) is 0 Å². The van der Waals surface area contributed by atoms with Crippen LogP contribution in [0.1, 0.15) is 22.3 Å². The highest BCUT2D eigenvalue weighted by Gasteiger charge is 2.46. The molecule has 5 nitrogen and oxygen atoms in total. The maximum atomic E-state index is 14.5.